The third kappa shape index (κ3) is 3.64. The lowest BCUT2D eigenvalue weighted by atomic mass is 10.1. The molecule has 0 radical (unpaired) electrons. The molecule has 0 atom stereocenters. The number of hydrogen-bond donors (Lipinski definition) is 2. The van der Waals surface area contributed by atoms with E-state index in [0.717, 1.165) is 11.1 Å². The number of benzene rings is 1. The molecule has 0 saturated heterocycles. The van der Waals surface area contributed by atoms with Gasteiger partial charge in [-0.1, -0.05) is 17.2 Å². The number of carboxylic acid groups (broad SMARTS) is 1. The van der Waals surface area contributed by atoms with Gasteiger partial charge in [0.25, 0.3) is 5.91 Å². The summed E-state index contributed by atoms with van der Waals surface area (Å²) in [4.78, 5) is 26.7. The Kier molecular flexibility index (Phi) is 4.14. The van der Waals surface area contributed by atoms with Gasteiger partial charge in [-0.25, -0.2) is 4.98 Å². The minimum absolute atomic E-state index is 0.143. The molecule has 0 fully saturated rings. The van der Waals surface area contributed by atoms with Crippen LogP contribution in [0.2, 0.25) is 0 Å². The largest absolute Gasteiger partial charge is 0.481 e. The van der Waals surface area contributed by atoms with Crippen LogP contribution < -0.4 is 5.32 Å². The van der Waals surface area contributed by atoms with Crippen molar-refractivity contribution in [2.75, 3.05) is 5.32 Å². The van der Waals surface area contributed by atoms with Gasteiger partial charge in [-0.3, -0.25) is 14.9 Å². The Morgan fingerprint density at radius 3 is 2.50 bits per heavy atom. The highest BCUT2D eigenvalue weighted by atomic mass is 32.1. The molecule has 0 aliphatic rings. The first-order valence-corrected chi connectivity index (χ1v) is 6.88. The summed E-state index contributed by atoms with van der Waals surface area (Å²) in [5.74, 6) is -1.18. The molecule has 2 N–H and O–H groups in total. The summed E-state index contributed by atoms with van der Waals surface area (Å²) in [5.41, 5.74) is 3.04. The van der Waals surface area contributed by atoms with Crippen LogP contribution in [-0.4, -0.2) is 22.0 Å². The van der Waals surface area contributed by atoms with Crippen molar-refractivity contribution in [3.63, 3.8) is 0 Å². The third-order valence-electron chi connectivity index (χ3n) is 2.59. The fourth-order valence-electron chi connectivity index (χ4n) is 1.88. The molecule has 0 saturated carbocycles. The number of hydrogen-bond acceptors (Lipinski definition) is 4. The van der Waals surface area contributed by atoms with E-state index in [1.807, 2.05) is 19.9 Å². The maximum Gasteiger partial charge on any atom is 0.309 e. The van der Waals surface area contributed by atoms with E-state index in [0.29, 0.717) is 16.4 Å². The molecule has 0 aliphatic heterocycles. The molecule has 0 aliphatic carbocycles. The number of carboxylic acids is 1. The molecule has 0 bridgehead atoms. The average molecular weight is 290 g/mol. The van der Waals surface area contributed by atoms with Crippen molar-refractivity contribution in [1.82, 2.24) is 4.98 Å². The first-order valence-electron chi connectivity index (χ1n) is 6.00. The predicted octanol–water partition coefficient (Wildman–Crippen LogP) is 2.64. The van der Waals surface area contributed by atoms with Gasteiger partial charge < -0.3 is 5.11 Å². The lowest BCUT2D eigenvalue weighted by Crippen LogP contribution is -2.12. The molecule has 2 rings (SSSR count). The van der Waals surface area contributed by atoms with Crippen LogP contribution in [0, 0.1) is 13.8 Å². The van der Waals surface area contributed by atoms with Crippen LogP contribution in [0.5, 0.6) is 0 Å². The zero-order chi connectivity index (χ0) is 14.7. The van der Waals surface area contributed by atoms with Crippen LogP contribution in [-0.2, 0) is 11.2 Å². The quantitative estimate of drug-likeness (QED) is 0.907. The number of rotatable bonds is 4. The number of anilines is 1. The number of aliphatic carboxylic acids is 1. The van der Waals surface area contributed by atoms with Gasteiger partial charge in [0.1, 0.15) is 0 Å². The van der Waals surface area contributed by atoms with Crippen LogP contribution in [0.25, 0.3) is 0 Å². The first kappa shape index (κ1) is 14.2. The van der Waals surface area contributed by atoms with Crippen molar-refractivity contribution >= 4 is 28.3 Å². The molecular weight excluding hydrogens is 276 g/mol. The van der Waals surface area contributed by atoms with Crippen molar-refractivity contribution < 1.29 is 14.7 Å². The summed E-state index contributed by atoms with van der Waals surface area (Å²) in [7, 11) is 0. The monoisotopic (exact) mass is 290 g/mol. The lowest BCUT2D eigenvalue weighted by Gasteiger charge is -2.04. The molecular formula is C14H14N2O3S. The highest BCUT2D eigenvalue weighted by Crippen LogP contribution is 2.17. The summed E-state index contributed by atoms with van der Waals surface area (Å²) in [6, 6.07) is 5.59. The summed E-state index contributed by atoms with van der Waals surface area (Å²) in [6.45, 7) is 3.86. The van der Waals surface area contributed by atoms with E-state index in [2.05, 4.69) is 10.3 Å². The van der Waals surface area contributed by atoms with Crippen LogP contribution in [0.15, 0.2) is 23.6 Å². The molecule has 1 heterocycles. The SMILES string of the molecule is Cc1cc(C)cc(C(=O)Nc2nc(CC(=O)O)cs2)c1. The van der Waals surface area contributed by atoms with Gasteiger partial charge in [-0.2, -0.15) is 0 Å². The fraction of sp³-hybridized carbons (Fsp3) is 0.214. The Labute approximate surface area is 120 Å². The van der Waals surface area contributed by atoms with Crippen LogP contribution in [0.1, 0.15) is 27.2 Å². The molecule has 0 spiro atoms. The van der Waals surface area contributed by atoms with E-state index in [-0.39, 0.29) is 12.3 Å². The van der Waals surface area contributed by atoms with Gasteiger partial charge >= 0.3 is 5.97 Å². The zero-order valence-electron chi connectivity index (χ0n) is 11.1. The number of aryl methyl sites for hydroxylation is 2. The van der Waals surface area contributed by atoms with E-state index >= 15 is 0 Å². The van der Waals surface area contributed by atoms with Gasteiger partial charge in [-0.05, 0) is 26.0 Å². The van der Waals surface area contributed by atoms with Gasteiger partial charge in [-0.15, -0.1) is 11.3 Å². The standard InChI is InChI=1S/C14H14N2O3S/c1-8-3-9(2)5-10(4-8)13(19)16-14-15-11(7-20-14)6-12(17)18/h3-5,7H,6H2,1-2H3,(H,17,18)(H,15,16,19). The highest BCUT2D eigenvalue weighted by molar-refractivity contribution is 7.14. The van der Waals surface area contributed by atoms with Gasteiger partial charge in [0.2, 0.25) is 0 Å². The topological polar surface area (TPSA) is 79.3 Å². The molecule has 20 heavy (non-hydrogen) atoms. The third-order valence-corrected chi connectivity index (χ3v) is 3.39. The average Bonchev–Trinajstić information content (AvgIpc) is 2.74. The van der Waals surface area contributed by atoms with E-state index in [1.54, 1.807) is 17.5 Å². The highest BCUT2D eigenvalue weighted by Gasteiger charge is 2.11. The first-order chi connectivity index (χ1) is 9.44. The van der Waals surface area contributed by atoms with E-state index in [1.165, 1.54) is 11.3 Å². The molecule has 1 aromatic carbocycles. The molecule has 1 aromatic heterocycles. The number of carbonyl (C=O) groups is 2. The summed E-state index contributed by atoms with van der Waals surface area (Å²) >= 11 is 1.22. The maximum atomic E-state index is 12.1. The molecule has 0 unspecified atom stereocenters. The number of amides is 1. The lowest BCUT2D eigenvalue weighted by molar-refractivity contribution is -0.136. The normalized spacial score (nSPS) is 10.3. The van der Waals surface area contributed by atoms with E-state index < -0.39 is 5.97 Å². The molecule has 5 nitrogen and oxygen atoms in total. The van der Waals surface area contributed by atoms with Gasteiger partial charge in [0.15, 0.2) is 5.13 Å². The Morgan fingerprint density at radius 1 is 1.25 bits per heavy atom. The number of carbonyl (C=O) groups excluding carboxylic acids is 1. The van der Waals surface area contributed by atoms with Gasteiger partial charge in [0, 0.05) is 10.9 Å². The smallest absolute Gasteiger partial charge is 0.309 e. The summed E-state index contributed by atoms with van der Waals surface area (Å²) in [5, 5.41) is 13.4. The maximum absolute atomic E-state index is 12.1. The number of nitrogens with zero attached hydrogens (tertiary/aromatic N) is 1. The molecule has 6 heteroatoms. The van der Waals surface area contributed by atoms with Crippen LogP contribution >= 0.6 is 11.3 Å². The number of thiazole rings is 1. The molecule has 104 valence electrons. The Balaban J connectivity index is 2.11. The number of aromatic nitrogens is 1. The van der Waals surface area contributed by atoms with E-state index in [4.69, 9.17) is 5.11 Å². The zero-order valence-corrected chi connectivity index (χ0v) is 12.0. The van der Waals surface area contributed by atoms with Crippen LogP contribution in [0.3, 0.4) is 0 Å². The predicted molar refractivity (Wildman–Crippen MR) is 77.3 cm³/mol. The minimum atomic E-state index is -0.942. The van der Waals surface area contributed by atoms with Crippen molar-refractivity contribution in [2.24, 2.45) is 0 Å². The second-order valence-corrected chi connectivity index (χ2v) is 5.40. The second kappa shape index (κ2) is 5.83. The minimum Gasteiger partial charge on any atom is -0.481 e. The Morgan fingerprint density at radius 2 is 1.90 bits per heavy atom. The summed E-state index contributed by atoms with van der Waals surface area (Å²) < 4.78 is 0. The van der Waals surface area contributed by atoms with Crippen molar-refractivity contribution in [3.8, 4) is 0 Å². The van der Waals surface area contributed by atoms with Crippen LogP contribution in [0.4, 0.5) is 5.13 Å². The molecule has 2 aromatic rings. The van der Waals surface area contributed by atoms with Crippen molar-refractivity contribution in [1.29, 1.82) is 0 Å². The van der Waals surface area contributed by atoms with Crippen molar-refractivity contribution in [3.05, 3.63) is 46.0 Å². The van der Waals surface area contributed by atoms with E-state index in [9.17, 15) is 9.59 Å². The summed E-state index contributed by atoms with van der Waals surface area (Å²) in [6.07, 6.45) is -0.143. The Hall–Kier alpha value is -2.21. The second-order valence-electron chi connectivity index (χ2n) is 4.55. The Bertz CT molecular complexity index is 644. The van der Waals surface area contributed by atoms with Gasteiger partial charge in [0.05, 0.1) is 12.1 Å². The van der Waals surface area contributed by atoms with Crippen molar-refractivity contribution in [2.45, 2.75) is 20.3 Å². The fourth-order valence-corrected chi connectivity index (χ4v) is 2.58. The number of nitrogens with one attached hydrogen (secondary N) is 1. The molecule has 1 amide bonds.